The van der Waals surface area contributed by atoms with Gasteiger partial charge in [-0.05, 0) is 45.8 Å². The molecule has 0 aromatic carbocycles. The second-order valence-corrected chi connectivity index (χ2v) is 6.03. The molecule has 0 bridgehead atoms. The average molecular weight is 253 g/mol. The summed E-state index contributed by atoms with van der Waals surface area (Å²) in [7, 11) is 2.21. The monoisotopic (exact) mass is 253 g/mol. The molecule has 0 aromatic heterocycles. The Morgan fingerprint density at radius 1 is 1.00 bits per heavy atom. The summed E-state index contributed by atoms with van der Waals surface area (Å²) in [6, 6.07) is 0. The van der Waals surface area contributed by atoms with Crippen LogP contribution < -0.4 is 0 Å². The van der Waals surface area contributed by atoms with Gasteiger partial charge in [-0.1, -0.05) is 0 Å². The lowest BCUT2D eigenvalue weighted by molar-refractivity contribution is -0.118. The fourth-order valence-electron chi connectivity index (χ4n) is 3.04. The van der Waals surface area contributed by atoms with Crippen LogP contribution in [0.4, 0.5) is 0 Å². The molecule has 0 spiro atoms. The minimum atomic E-state index is 0.299. The summed E-state index contributed by atoms with van der Waals surface area (Å²) < 4.78 is 0. The molecule has 0 saturated carbocycles. The predicted octanol–water partition coefficient (Wildman–Crippen LogP) is 0.535. The molecule has 0 radical (unpaired) electrons. The van der Waals surface area contributed by atoms with Gasteiger partial charge >= 0.3 is 0 Å². The fourth-order valence-corrected chi connectivity index (χ4v) is 3.04. The number of Topliss-reactive ketones (excluding diaryl/α,β-unsaturated/α-hetero) is 1. The van der Waals surface area contributed by atoms with Gasteiger partial charge in [0, 0.05) is 32.7 Å². The molecule has 0 aliphatic carbocycles. The Bertz CT molecular complexity index is 266. The molecular weight excluding hydrogens is 226 g/mol. The topological polar surface area (TPSA) is 26.8 Å². The Labute approximate surface area is 111 Å². The molecule has 0 N–H and O–H groups in total. The van der Waals surface area contributed by atoms with E-state index in [0.717, 1.165) is 19.0 Å². The van der Waals surface area contributed by atoms with Gasteiger partial charge in [0.1, 0.15) is 5.78 Å². The predicted molar refractivity (Wildman–Crippen MR) is 73.8 cm³/mol. The lowest BCUT2D eigenvalue weighted by atomic mass is 9.96. The van der Waals surface area contributed by atoms with E-state index in [0.29, 0.717) is 12.3 Å². The number of likely N-dealkylation sites (N-methyl/N-ethyl adjacent to an activating group) is 1. The van der Waals surface area contributed by atoms with Crippen LogP contribution in [0.15, 0.2) is 0 Å². The maximum atomic E-state index is 11.1. The number of nitrogens with zero attached hydrogens (tertiary/aromatic N) is 3. The molecule has 2 aliphatic rings. The van der Waals surface area contributed by atoms with Gasteiger partial charge in [-0.15, -0.1) is 0 Å². The van der Waals surface area contributed by atoms with Crippen LogP contribution in [-0.4, -0.2) is 79.9 Å². The number of carbonyl (C=O) groups is 1. The first kappa shape index (κ1) is 14.0. The lowest BCUT2D eigenvalue weighted by Crippen LogP contribution is -2.47. The van der Waals surface area contributed by atoms with E-state index < -0.39 is 0 Å². The quantitative estimate of drug-likeness (QED) is 0.730. The highest BCUT2D eigenvalue weighted by Gasteiger charge is 2.23. The van der Waals surface area contributed by atoms with Crippen LogP contribution in [0.3, 0.4) is 0 Å². The van der Waals surface area contributed by atoms with Crippen LogP contribution in [-0.2, 0) is 4.79 Å². The number of hydrogen-bond acceptors (Lipinski definition) is 4. The van der Waals surface area contributed by atoms with Crippen molar-refractivity contribution in [2.45, 2.75) is 19.8 Å². The highest BCUT2D eigenvalue weighted by molar-refractivity contribution is 5.77. The summed E-state index contributed by atoms with van der Waals surface area (Å²) in [5.41, 5.74) is 0. The molecule has 0 unspecified atom stereocenters. The van der Waals surface area contributed by atoms with Gasteiger partial charge in [-0.25, -0.2) is 0 Å². The summed E-state index contributed by atoms with van der Waals surface area (Å²) in [5, 5.41) is 0. The molecule has 18 heavy (non-hydrogen) atoms. The van der Waals surface area contributed by atoms with Crippen molar-refractivity contribution >= 4 is 5.78 Å². The van der Waals surface area contributed by atoms with E-state index in [1.165, 1.54) is 45.6 Å². The second-order valence-electron chi connectivity index (χ2n) is 6.03. The van der Waals surface area contributed by atoms with Crippen molar-refractivity contribution < 1.29 is 4.79 Å². The molecule has 2 aliphatic heterocycles. The summed E-state index contributed by atoms with van der Waals surface area (Å²) in [6.07, 6.45) is 2.53. The molecule has 4 heteroatoms. The highest BCUT2D eigenvalue weighted by atomic mass is 16.1. The first-order chi connectivity index (χ1) is 8.63. The van der Waals surface area contributed by atoms with Crippen molar-refractivity contribution in [1.82, 2.24) is 14.7 Å². The number of piperazine rings is 1. The molecule has 2 heterocycles. The van der Waals surface area contributed by atoms with E-state index >= 15 is 0 Å². The Morgan fingerprint density at radius 2 is 1.61 bits per heavy atom. The number of piperidine rings is 1. The lowest BCUT2D eigenvalue weighted by Gasteiger charge is -2.37. The highest BCUT2D eigenvalue weighted by Crippen LogP contribution is 2.18. The van der Waals surface area contributed by atoms with Gasteiger partial charge in [0.05, 0.1) is 6.54 Å². The van der Waals surface area contributed by atoms with Gasteiger partial charge in [-0.3, -0.25) is 9.69 Å². The SMILES string of the molecule is CC(=O)CN1CCC(CN2CCN(C)CC2)CC1. The Hall–Kier alpha value is -0.450. The smallest absolute Gasteiger partial charge is 0.143 e. The van der Waals surface area contributed by atoms with Gasteiger partial charge in [0.15, 0.2) is 0 Å². The van der Waals surface area contributed by atoms with Gasteiger partial charge in [0.25, 0.3) is 0 Å². The molecule has 2 rings (SSSR count). The first-order valence-corrected chi connectivity index (χ1v) is 7.26. The standard InChI is InChI=1S/C14H27N3O/c1-13(18)11-16-5-3-14(4-6-16)12-17-9-7-15(2)8-10-17/h14H,3-12H2,1-2H3. The molecular formula is C14H27N3O. The second kappa shape index (κ2) is 6.64. The van der Waals surface area contributed by atoms with Crippen LogP contribution in [0.2, 0.25) is 0 Å². The largest absolute Gasteiger partial charge is 0.304 e. The van der Waals surface area contributed by atoms with Crippen molar-refractivity contribution in [3.05, 3.63) is 0 Å². The van der Waals surface area contributed by atoms with Crippen LogP contribution in [0.5, 0.6) is 0 Å². The first-order valence-electron chi connectivity index (χ1n) is 7.26. The van der Waals surface area contributed by atoms with Crippen molar-refractivity contribution in [3.8, 4) is 0 Å². The van der Waals surface area contributed by atoms with Crippen molar-refractivity contribution in [2.75, 3.05) is 59.4 Å². The van der Waals surface area contributed by atoms with Crippen molar-refractivity contribution in [2.24, 2.45) is 5.92 Å². The zero-order valence-electron chi connectivity index (χ0n) is 11.9. The van der Waals surface area contributed by atoms with Gasteiger partial charge in [-0.2, -0.15) is 0 Å². The normalized spacial score (nSPS) is 25.4. The van der Waals surface area contributed by atoms with E-state index in [4.69, 9.17) is 0 Å². The van der Waals surface area contributed by atoms with Gasteiger partial charge in [0.2, 0.25) is 0 Å². The summed E-state index contributed by atoms with van der Waals surface area (Å²) in [6.45, 7) is 10.7. The molecule has 0 atom stereocenters. The van der Waals surface area contributed by atoms with E-state index in [1.54, 1.807) is 6.92 Å². The third kappa shape index (κ3) is 4.34. The van der Waals surface area contributed by atoms with Crippen molar-refractivity contribution in [3.63, 3.8) is 0 Å². The number of rotatable bonds is 4. The third-order valence-corrected chi connectivity index (χ3v) is 4.27. The van der Waals surface area contributed by atoms with Crippen molar-refractivity contribution in [1.29, 1.82) is 0 Å². The Morgan fingerprint density at radius 3 is 2.17 bits per heavy atom. The van der Waals surface area contributed by atoms with Crippen LogP contribution in [0, 0.1) is 5.92 Å². The Balaban J connectivity index is 1.65. The Kier molecular flexibility index (Phi) is 5.15. The van der Waals surface area contributed by atoms with E-state index in [9.17, 15) is 4.79 Å². The van der Waals surface area contributed by atoms with E-state index in [1.807, 2.05) is 0 Å². The fraction of sp³-hybridized carbons (Fsp3) is 0.929. The molecule has 2 fully saturated rings. The minimum absolute atomic E-state index is 0.299. The molecule has 0 amide bonds. The molecule has 0 aromatic rings. The number of likely N-dealkylation sites (tertiary alicyclic amines) is 1. The minimum Gasteiger partial charge on any atom is -0.304 e. The van der Waals surface area contributed by atoms with Crippen LogP contribution in [0.1, 0.15) is 19.8 Å². The zero-order chi connectivity index (χ0) is 13.0. The number of hydrogen-bond donors (Lipinski definition) is 0. The van der Waals surface area contributed by atoms with E-state index in [2.05, 4.69) is 21.7 Å². The van der Waals surface area contributed by atoms with Crippen LogP contribution in [0.25, 0.3) is 0 Å². The number of carbonyl (C=O) groups excluding carboxylic acids is 1. The molecule has 4 nitrogen and oxygen atoms in total. The maximum Gasteiger partial charge on any atom is 0.143 e. The summed E-state index contributed by atoms with van der Waals surface area (Å²) in [4.78, 5) is 18.4. The number of ketones is 1. The van der Waals surface area contributed by atoms with Crippen LogP contribution >= 0.6 is 0 Å². The molecule has 2 saturated heterocycles. The summed E-state index contributed by atoms with van der Waals surface area (Å²) in [5.74, 6) is 1.14. The van der Waals surface area contributed by atoms with E-state index in [-0.39, 0.29) is 0 Å². The average Bonchev–Trinajstić information content (AvgIpc) is 2.34. The van der Waals surface area contributed by atoms with Gasteiger partial charge < -0.3 is 9.80 Å². The third-order valence-electron chi connectivity index (χ3n) is 4.27. The molecule has 104 valence electrons. The maximum absolute atomic E-state index is 11.1. The zero-order valence-corrected chi connectivity index (χ0v) is 11.9. The summed E-state index contributed by atoms with van der Waals surface area (Å²) >= 11 is 0.